The van der Waals surface area contributed by atoms with Gasteiger partial charge in [0.25, 0.3) is 0 Å². The molecule has 0 saturated carbocycles. The van der Waals surface area contributed by atoms with E-state index in [0.717, 1.165) is 33.3 Å². The minimum absolute atomic E-state index is 0.907. The third-order valence-electron chi connectivity index (χ3n) is 9.08. The Balaban J connectivity index is 1.33. The third kappa shape index (κ3) is 3.14. The van der Waals surface area contributed by atoms with Gasteiger partial charge in [0.05, 0.1) is 22.1 Å². The molecule has 0 aliphatic rings. The minimum Gasteiger partial charge on any atom is -0.456 e. The lowest BCUT2D eigenvalue weighted by molar-refractivity contribution is 0.669. The van der Waals surface area contributed by atoms with Crippen LogP contribution in [-0.2, 0) is 0 Å². The Kier molecular flexibility index (Phi) is 4.45. The smallest absolute Gasteiger partial charge is 0.135 e. The predicted octanol–water partition coefficient (Wildman–Crippen LogP) is 10.9. The lowest BCUT2D eigenvalue weighted by Gasteiger charge is -2.11. The largest absolute Gasteiger partial charge is 0.456 e. The summed E-state index contributed by atoms with van der Waals surface area (Å²) in [5.74, 6) is 0. The van der Waals surface area contributed by atoms with E-state index >= 15 is 0 Å². The Labute approximate surface area is 246 Å². The fraction of sp³-hybridized carbons (Fsp3) is 0. The van der Waals surface area contributed by atoms with Crippen LogP contribution in [0.3, 0.4) is 0 Å². The summed E-state index contributed by atoms with van der Waals surface area (Å²) in [5.41, 5.74) is 8.90. The molecule has 3 nitrogen and oxygen atoms in total. The van der Waals surface area contributed by atoms with E-state index in [1.165, 1.54) is 54.4 Å². The predicted molar refractivity (Wildman–Crippen MR) is 180 cm³/mol. The fourth-order valence-corrected chi connectivity index (χ4v) is 7.16. The van der Waals surface area contributed by atoms with Gasteiger partial charge in [-0.3, -0.25) is 0 Å². The second-order valence-electron chi connectivity index (χ2n) is 11.4. The van der Waals surface area contributed by atoms with Crippen molar-refractivity contribution in [2.75, 3.05) is 0 Å². The normalized spacial score (nSPS) is 12.2. The van der Waals surface area contributed by atoms with Crippen molar-refractivity contribution >= 4 is 76.3 Å². The zero-order valence-electron chi connectivity index (χ0n) is 23.2. The van der Waals surface area contributed by atoms with Gasteiger partial charge in [-0.25, -0.2) is 0 Å². The van der Waals surface area contributed by atoms with Crippen LogP contribution in [0.2, 0.25) is 0 Å². The van der Waals surface area contributed by atoms with Crippen molar-refractivity contribution in [3.63, 3.8) is 0 Å². The van der Waals surface area contributed by atoms with E-state index < -0.39 is 0 Å². The molecule has 0 spiro atoms. The maximum Gasteiger partial charge on any atom is 0.135 e. The number of fused-ring (bicyclic) bond motifs is 10. The summed E-state index contributed by atoms with van der Waals surface area (Å²) in [7, 11) is 0. The molecule has 0 saturated heterocycles. The lowest BCUT2D eigenvalue weighted by atomic mass is 10.1. The Morgan fingerprint density at radius 2 is 0.884 bits per heavy atom. The standard InChI is InChI=1S/C40H24N2O/c1-2-10-26-21-27(18-17-25(26)9-1)41-35-14-6-3-11-29(35)32-23-33-30-12-4-7-15-36(30)42(38(33)24-37(32)41)28-19-20-40-34(22-28)31-13-5-8-16-39(31)43-40/h1-24H. The zero-order chi connectivity index (χ0) is 28.1. The molecule has 0 N–H and O–H groups in total. The highest BCUT2D eigenvalue weighted by Gasteiger charge is 2.19. The first-order valence-electron chi connectivity index (χ1n) is 14.7. The summed E-state index contributed by atoms with van der Waals surface area (Å²) in [6.45, 7) is 0. The molecular weight excluding hydrogens is 524 g/mol. The highest BCUT2D eigenvalue weighted by Crippen LogP contribution is 2.40. The van der Waals surface area contributed by atoms with E-state index in [4.69, 9.17) is 4.42 Å². The third-order valence-corrected chi connectivity index (χ3v) is 9.08. The van der Waals surface area contributed by atoms with Crippen LogP contribution in [0.4, 0.5) is 0 Å². The molecule has 3 heteroatoms. The average Bonchev–Trinajstić information content (AvgIpc) is 3.70. The molecule has 3 aromatic heterocycles. The van der Waals surface area contributed by atoms with Gasteiger partial charge in [0.15, 0.2) is 0 Å². The van der Waals surface area contributed by atoms with Crippen molar-refractivity contribution in [1.82, 2.24) is 9.13 Å². The van der Waals surface area contributed by atoms with Crippen molar-refractivity contribution in [2.24, 2.45) is 0 Å². The summed E-state index contributed by atoms with van der Waals surface area (Å²) < 4.78 is 11.0. The van der Waals surface area contributed by atoms with Gasteiger partial charge < -0.3 is 13.6 Å². The topological polar surface area (TPSA) is 23.0 Å². The maximum absolute atomic E-state index is 6.17. The molecule has 43 heavy (non-hydrogen) atoms. The van der Waals surface area contributed by atoms with Gasteiger partial charge >= 0.3 is 0 Å². The van der Waals surface area contributed by atoms with Crippen molar-refractivity contribution in [3.8, 4) is 11.4 Å². The van der Waals surface area contributed by atoms with Gasteiger partial charge in [0, 0.05) is 43.7 Å². The maximum atomic E-state index is 6.17. The number of aromatic nitrogens is 2. The SMILES string of the molecule is c1ccc2cc(-n3c4ccccc4c4cc5c6ccccc6n(-c6ccc7oc8ccccc8c7c6)c5cc43)ccc2c1. The van der Waals surface area contributed by atoms with Crippen LogP contribution in [0.15, 0.2) is 150 Å². The number of hydrogen-bond donors (Lipinski definition) is 0. The van der Waals surface area contributed by atoms with Gasteiger partial charge in [0.1, 0.15) is 11.2 Å². The van der Waals surface area contributed by atoms with Crippen molar-refractivity contribution in [2.45, 2.75) is 0 Å². The molecule has 0 aliphatic carbocycles. The molecule has 200 valence electrons. The van der Waals surface area contributed by atoms with E-state index in [9.17, 15) is 0 Å². The second-order valence-corrected chi connectivity index (χ2v) is 11.4. The Morgan fingerprint density at radius 1 is 0.326 bits per heavy atom. The molecular formula is C40H24N2O. The minimum atomic E-state index is 0.907. The van der Waals surface area contributed by atoms with Gasteiger partial charge in [-0.2, -0.15) is 0 Å². The van der Waals surface area contributed by atoms with E-state index in [0.29, 0.717) is 0 Å². The number of furan rings is 1. The van der Waals surface area contributed by atoms with Gasteiger partial charge in [-0.15, -0.1) is 0 Å². The zero-order valence-corrected chi connectivity index (χ0v) is 23.2. The monoisotopic (exact) mass is 548 g/mol. The first-order valence-corrected chi connectivity index (χ1v) is 14.7. The van der Waals surface area contributed by atoms with Gasteiger partial charge in [-0.05, 0) is 71.4 Å². The highest BCUT2D eigenvalue weighted by molar-refractivity contribution is 6.19. The number of rotatable bonds is 2. The summed E-state index contributed by atoms with van der Waals surface area (Å²) in [6, 6.07) is 52.5. The Hall–Kier alpha value is -5.80. The van der Waals surface area contributed by atoms with E-state index in [2.05, 4.69) is 143 Å². The van der Waals surface area contributed by atoms with Crippen LogP contribution in [-0.4, -0.2) is 9.13 Å². The van der Waals surface area contributed by atoms with Crippen LogP contribution >= 0.6 is 0 Å². The summed E-state index contributed by atoms with van der Waals surface area (Å²) in [4.78, 5) is 0. The second kappa shape index (κ2) is 8.37. The molecule has 0 bridgehead atoms. The van der Waals surface area contributed by atoms with Crippen LogP contribution in [0.5, 0.6) is 0 Å². The molecule has 0 radical (unpaired) electrons. The summed E-state index contributed by atoms with van der Waals surface area (Å²) >= 11 is 0. The Bertz CT molecular complexity index is 2740. The first-order chi connectivity index (χ1) is 21.3. The van der Waals surface area contributed by atoms with Gasteiger partial charge in [-0.1, -0.05) is 84.9 Å². The highest BCUT2D eigenvalue weighted by atomic mass is 16.3. The molecule has 10 rings (SSSR count). The van der Waals surface area contributed by atoms with E-state index in [1.807, 2.05) is 12.1 Å². The average molecular weight is 549 g/mol. The Morgan fingerprint density at radius 3 is 1.63 bits per heavy atom. The molecule has 0 atom stereocenters. The van der Waals surface area contributed by atoms with E-state index in [1.54, 1.807) is 0 Å². The molecule has 0 fully saturated rings. The van der Waals surface area contributed by atoms with Crippen molar-refractivity contribution < 1.29 is 4.42 Å². The van der Waals surface area contributed by atoms with Gasteiger partial charge in [0.2, 0.25) is 0 Å². The van der Waals surface area contributed by atoms with Crippen LogP contribution in [0.25, 0.3) is 87.7 Å². The van der Waals surface area contributed by atoms with Crippen molar-refractivity contribution in [3.05, 3.63) is 146 Å². The fourth-order valence-electron chi connectivity index (χ4n) is 7.16. The molecule has 10 aromatic rings. The van der Waals surface area contributed by atoms with Crippen LogP contribution in [0.1, 0.15) is 0 Å². The number of hydrogen-bond acceptors (Lipinski definition) is 1. The summed E-state index contributed by atoms with van der Waals surface area (Å²) in [5, 5.41) is 9.77. The quantitative estimate of drug-likeness (QED) is 0.211. The van der Waals surface area contributed by atoms with E-state index in [-0.39, 0.29) is 0 Å². The first kappa shape index (κ1) is 22.8. The lowest BCUT2D eigenvalue weighted by Crippen LogP contribution is -1.96. The molecule has 7 aromatic carbocycles. The molecule has 0 unspecified atom stereocenters. The van der Waals surface area contributed by atoms with Crippen LogP contribution < -0.4 is 0 Å². The number of benzene rings is 7. The molecule has 3 heterocycles. The van der Waals surface area contributed by atoms with Crippen LogP contribution in [0, 0.1) is 0 Å². The molecule has 0 amide bonds. The molecule has 0 aliphatic heterocycles. The summed E-state index contributed by atoms with van der Waals surface area (Å²) in [6.07, 6.45) is 0. The number of nitrogens with zero attached hydrogens (tertiary/aromatic N) is 2. The van der Waals surface area contributed by atoms with Crippen molar-refractivity contribution in [1.29, 1.82) is 0 Å². The number of para-hydroxylation sites is 3.